The molecule has 3 nitrogen and oxygen atoms in total. The van der Waals surface area contributed by atoms with Crippen molar-refractivity contribution in [2.75, 3.05) is 6.61 Å². The van der Waals surface area contributed by atoms with E-state index in [1.165, 1.54) is 44.9 Å². The van der Waals surface area contributed by atoms with Crippen LogP contribution in [-0.2, 0) is 4.74 Å². The van der Waals surface area contributed by atoms with E-state index in [1.807, 2.05) is 0 Å². The molecule has 6 rings (SSSR count). The van der Waals surface area contributed by atoms with Gasteiger partial charge in [0.25, 0.3) is 0 Å². The molecule has 33 heavy (non-hydrogen) atoms. The Labute approximate surface area is 202 Å². The number of ether oxygens (including phenoxy) is 1. The van der Waals surface area contributed by atoms with Crippen LogP contribution in [0.4, 0.5) is 0 Å². The van der Waals surface area contributed by atoms with E-state index in [9.17, 15) is 10.2 Å². The lowest BCUT2D eigenvalue weighted by Crippen LogP contribution is -2.72. The number of aliphatic hydroxyl groups is 2. The molecule has 188 valence electrons. The first-order chi connectivity index (χ1) is 15.2. The fraction of sp³-hybridized carbons (Fsp3) is 1.00. The zero-order valence-electron chi connectivity index (χ0n) is 22.5. The summed E-state index contributed by atoms with van der Waals surface area (Å²) < 4.78 is 7.11. The lowest BCUT2D eigenvalue weighted by atomic mass is 9.30. The summed E-state index contributed by atoms with van der Waals surface area (Å²) >= 11 is 0. The Balaban J connectivity index is 1.44. The van der Waals surface area contributed by atoms with Crippen LogP contribution in [0.2, 0.25) is 0 Å². The molecule has 0 amide bonds. The van der Waals surface area contributed by atoms with Crippen molar-refractivity contribution in [3.05, 3.63) is 0 Å². The highest BCUT2D eigenvalue weighted by Gasteiger charge is 2.79. The lowest BCUT2D eigenvalue weighted by Gasteiger charge is -2.74. The standard InChI is InChI=1S/C30H50O3/c1-24(2)16-21-29(23(32)17-24)15-14-28(7)27(6)12-8-19-25(3,4)22(31)10-11-26(19,5)20(27)9-13-30(21,28)33-18-29/h19-23,31-32H,8-18H2,1-7H3. The monoisotopic (exact) mass is 458 g/mol. The van der Waals surface area contributed by atoms with Crippen LogP contribution in [0, 0.1) is 50.2 Å². The van der Waals surface area contributed by atoms with Gasteiger partial charge in [-0.25, -0.2) is 0 Å². The molecule has 5 saturated carbocycles. The van der Waals surface area contributed by atoms with Gasteiger partial charge in [0.1, 0.15) is 0 Å². The summed E-state index contributed by atoms with van der Waals surface area (Å²) in [7, 11) is 0. The van der Waals surface area contributed by atoms with Gasteiger partial charge in [0.15, 0.2) is 0 Å². The van der Waals surface area contributed by atoms with E-state index in [-0.39, 0.29) is 44.9 Å². The zero-order valence-corrected chi connectivity index (χ0v) is 22.5. The van der Waals surface area contributed by atoms with Crippen LogP contribution in [0.25, 0.3) is 0 Å². The Morgan fingerprint density at radius 2 is 1.36 bits per heavy atom. The first-order valence-electron chi connectivity index (χ1n) is 14.2. The number of rotatable bonds is 0. The summed E-state index contributed by atoms with van der Waals surface area (Å²) in [5, 5.41) is 22.4. The van der Waals surface area contributed by atoms with Crippen LogP contribution in [0.1, 0.15) is 113 Å². The summed E-state index contributed by atoms with van der Waals surface area (Å²) in [6.07, 6.45) is 11.2. The van der Waals surface area contributed by atoms with Gasteiger partial charge in [-0.2, -0.15) is 0 Å². The number of hydrogen-bond donors (Lipinski definition) is 2. The second-order valence-electron chi connectivity index (χ2n) is 15.9. The Bertz CT molecular complexity index is 849. The molecule has 1 heterocycles. The molecule has 0 aromatic rings. The van der Waals surface area contributed by atoms with Gasteiger partial charge >= 0.3 is 0 Å². The summed E-state index contributed by atoms with van der Waals surface area (Å²) in [5.74, 6) is 1.80. The molecule has 2 bridgehead atoms. The van der Waals surface area contributed by atoms with Gasteiger partial charge in [-0.15, -0.1) is 0 Å². The maximum absolute atomic E-state index is 11.5. The van der Waals surface area contributed by atoms with Crippen molar-refractivity contribution in [2.45, 2.75) is 130 Å². The molecule has 1 spiro atoms. The summed E-state index contributed by atoms with van der Waals surface area (Å²) in [5.41, 5.74) is 0.856. The molecule has 2 N–H and O–H groups in total. The van der Waals surface area contributed by atoms with E-state index >= 15 is 0 Å². The number of hydrogen-bond acceptors (Lipinski definition) is 3. The molecule has 6 fully saturated rings. The van der Waals surface area contributed by atoms with E-state index in [4.69, 9.17) is 4.74 Å². The molecule has 10 atom stereocenters. The summed E-state index contributed by atoms with van der Waals surface area (Å²) in [6, 6.07) is 0. The first kappa shape index (κ1) is 23.3. The van der Waals surface area contributed by atoms with Crippen LogP contribution in [-0.4, -0.2) is 34.6 Å². The minimum absolute atomic E-state index is 0.00370. The van der Waals surface area contributed by atoms with Gasteiger partial charge in [-0.3, -0.25) is 0 Å². The highest BCUT2D eigenvalue weighted by atomic mass is 16.5. The third-order valence-corrected chi connectivity index (χ3v) is 14.1. The number of fused-ring (bicyclic) bond motifs is 4. The molecule has 1 aliphatic heterocycles. The molecule has 6 aliphatic rings. The van der Waals surface area contributed by atoms with Crippen LogP contribution in [0.5, 0.6) is 0 Å². The Hall–Kier alpha value is -0.120. The zero-order chi connectivity index (χ0) is 23.9. The fourth-order valence-electron chi connectivity index (χ4n) is 12.1. The van der Waals surface area contributed by atoms with Gasteiger partial charge < -0.3 is 14.9 Å². The highest BCUT2D eigenvalue weighted by molar-refractivity contribution is 5.27. The maximum atomic E-state index is 11.5. The molecule has 1 saturated heterocycles. The third kappa shape index (κ3) is 2.45. The Morgan fingerprint density at radius 3 is 2.09 bits per heavy atom. The van der Waals surface area contributed by atoms with Crippen LogP contribution in [0.15, 0.2) is 0 Å². The van der Waals surface area contributed by atoms with Crippen LogP contribution >= 0.6 is 0 Å². The van der Waals surface area contributed by atoms with E-state index in [0.717, 1.165) is 25.9 Å². The molecule has 0 aromatic heterocycles. The normalized spacial score (nSPS) is 60.8. The van der Waals surface area contributed by atoms with Crippen molar-refractivity contribution in [3.63, 3.8) is 0 Å². The predicted molar refractivity (Wildman–Crippen MR) is 132 cm³/mol. The highest BCUT2D eigenvalue weighted by Crippen LogP contribution is 2.80. The predicted octanol–water partition coefficient (Wildman–Crippen LogP) is 6.35. The average Bonchev–Trinajstić information content (AvgIpc) is 2.94. The minimum Gasteiger partial charge on any atom is -0.393 e. The van der Waals surface area contributed by atoms with E-state index < -0.39 is 0 Å². The number of aliphatic hydroxyl groups excluding tert-OH is 2. The molecule has 0 radical (unpaired) electrons. The molecule has 10 unspecified atom stereocenters. The van der Waals surface area contributed by atoms with Crippen molar-refractivity contribution in [3.8, 4) is 0 Å². The Kier molecular flexibility index (Phi) is 4.52. The molecule has 5 aliphatic carbocycles. The quantitative estimate of drug-likeness (QED) is 0.444. The topological polar surface area (TPSA) is 49.7 Å². The minimum atomic E-state index is -0.213. The van der Waals surface area contributed by atoms with Crippen molar-refractivity contribution in [1.29, 1.82) is 0 Å². The van der Waals surface area contributed by atoms with Crippen molar-refractivity contribution < 1.29 is 14.9 Å². The van der Waals surface area contributed by atoms with Gasteiger partial charge in [-0.1, -0.05) is 48.5 Å². The van der Waals surface area contributed by atoms with E-state index in [0.29, 0.717) is 23.2 Å². The van der Waals surface area contributed by atoms with Gasteiger partial charge in [0.05, 0.1) is 24.4 Å². The molecule has 0 aromatic carbocycles. The molecule has 3 heteroatoms. The molecular weight excluding hydrogens is 408 g/mol. The third-order valence-electron chi connectivity index (χ3n) is 14.1. The largest absolute Gasteiger partial charge is 0.393 e. The Morgan fingerprint density at radius 1 is 0.667 bits per heavy atom. The second kappa shape index (κ2) is 6.41. The van der Waals surface area contributed by atoms with Crippen molar-refractivity contribution >= 4 is 0 Å². The smallest absolute Gasteiger partial charge is 0.0776 e. The SMILES string of the molecule is CC1(C)CC(O)C23CCC4(C)C5(C)CCC6C(C)(C)C(O)CCC6(C)C5CCC4(OC2)C3C1. The van der Waals surface area contributed by atoms with Crippen molar-refractivity contribution in [2.24, 2.45) is 50.2 Å². The van der Waals surface area contributed by atoms with E-state index in [1.54, 1.807) is 0 Å². The summed E-state index contributed by atoms with van der Waals surface area (Å²) in [6.45, 7) is 18.1. The van der Waals surface area contributed by atoms with Crippen molar-refractivity contribution in [1.82, 2.24) is 0 Å². The first-order valence-corrected chi connectivity index (χ1v) is 14.2. The fourth-order valence-corrected chi connectivity index (χ4v) is 12.1. The molecular formula is C30H50O3. The maximum Gasteiger partial charge on any atom is 0.0776 e. The summed E-state index contributed by atoms with van der Waals surface area (Å²) in [4.78, 5) is 0. The lowest BCUT2D eigenvalue weighted by molar-refractivity contribution is -0.291. The van der Waals surface area contributed by atoms with Crippen LogP contribution in [0.3, 0.4) is 0 Å². The van der Waals surface area contributed by atoms with Gasteiger partial charge in [0, 0.05) is 10.8 Å². The van der Waals surface area contributed by atoms with Gasteiger partial charge in [0.2, 0.25) is 0 Å². The average molecular weight is 459 g/mol. The van der Waals surface area contributed by atoms with Gasteiger partial charge in [-0.05, 0) is 104 Å². The second-order valence-corrected chi connectivity index (χ2v) is 15.9. The van der Waals surface area contributed by atoms with E-state index in [2.05, 4.69) is 48.5 Å². The van der Waals surface area contributed by atoms with Crippen LogP contribution < -0.4 is 0 Å².